The molecule has 0 radical (unpaired) electrons. The van der Waals surface area contributed by atoms with Crippen LogP contribution in [0.5, 0.6) is 0 Å². The fraction of sp³-hybridized carbons (Fsp3) is 0.636. The van der Waals surface area contributed by atoms with Gasteiger partial charge >= 0.3 is 7.12 Å². The van der Waals surface area contributed by atoms with Crippen molar-refractivity contribution in [2.24, 2.45) is 7.05 Å². The zero-order chi connectivity index (χ0) is 12.8. The summed E-state index contributed by atoms with van der Waals surface area (Å²) in [5.74, 6) is 0. The van der Waals surface area contributed by atoms with Crippen LogP contribution in [0.25, 0.3) is 0 Å². The molecule has 1 aromatic heterocycles. The third-order valence-electron chi connectivity index (χ3n) is 3.64. The lowest BCUT2D eigenvalue weighted by Crippen LogP contribution is -2.41. The fourth-order valence-corrected chi connectivity index (χ4v) is 1.71. The highest BCUT2D eigenvalue weighted by Gasteiger charge is 2.53. The normalized spacial score (nSPS) is 21.8. The SMILES string of the molecule is Cn1c(C=O)cnc1B1OC(C)(C)C(C)(C)O1. The summed E-state index contributed by atoms with van der Waals surface area (Å²) in [6.45, 7) is 7.93. The van der Waals surface area contributed by atoms with Crippen molar-refractivity contribution in [2.45, 2.75) is 38.9 Å². The van der Waals surface area contributed by atoms with Gasteiger partial charge in [-0.15, -0.1) is 0 Å². The maximum atomic E-state index is 10.8. The van der Waals surface area contributed by atoms with Gasteiger partial charge in [-0.2, -0.15) is 0 Å². The Bertz CT molecular complexity index is 438. The molecule has 1 aromatic rings. The predicted octanol–water partition coefficient (Wildman–Crippen LogP) is 0.532. The minimum atomic E-state index is -0.529. The molecule has 0 aromatic carbocycles. The van der Waals surface area contributed by atoms with Crippen LogP contribution in [0, 0.1) is 0 Å². The van der Waals surface area contributed by atoms with Crippen LogP contribution >= 0.6 is 0 Å². The number of imidazole rings is 1. The number of nitrogens with zero attached hydrogens (tertiary/aromatic N) is 2. The Morgan fingerprint density at radius 1 is 1.29 bits per heavy atom. The molecule has 5 nitrogen and oxygen atoms in total. The minimum Gasteiger partial charge on any atom is -0.397 e. The van der Waals surface area contributed by atoms with E-state index in [9.17, 15) is 4.79 Å². The zero-order valence-corrected chi connectivity index (χ0v) is 10.9. The van der Waals surface area contributed by atoms with Gasteiger partial charge in [0.05, 0.1) is 17.4 Å². The Morgan fingerprint density at radius 2 is 1.82 bits per heavy atom. The first-order valence-electron chi connectivity index (χ1n) is 5.61. The second-order valence-electron chi connectivity index (χ2n) is 5.31. The molecule has 92 valence electrons. The highest BCUT2D eigenvalue weighted by Crippen LogP contribution is 2.36. The van der Waals surface area contributed by atoms with Crippen molar-refractivity contribution >= 4 is 19.1 Å². The van der Waals surface area contributed by atoms with Crippen molar-refractivity contribution < 1.29 is 14.1 Å². The molecule has 1 fully saturated rings. The van der Waals surface area contributed by atoms with E-state index in [1.807, 2.05) is 27.7 Å². The lowest BCUT2D eigenvalue weighted by molar-refractivity contribution is 0.00578. The summed E-state index contributed by atoms with van der Waals surface area (Å²) in [6, 6.07) is 0. The molecule has 0 bridgehead atoms. The second-order valence-corrected chi connectivity index (χ2v) is 5.31. The van der Waals surface area contributed by atoms with Crippen molar-refractivity contribution in [3.05, 3.63) is 11.9 Å². The van der Waals surface area contributed by atoms with Crippen molar-refractivity contribution in [3.63, 3.8) is 0 Å². The molecule has 1 aliphatic rings. The number of hydrogen-bond donors (Lipinski definition) is 0. The Hall–Kier alpha value is -1.14. The van der Waals surface area contributed by atoms with Crippen molar-refractivity contribution in [1.29, 1.82) is 0 Å². The molecule has 2 heterocycles. The van der Waals surface area contributed by atoms with Crippen molar-refractivity contribution in [2.75, 3.05) is 0 Å². The van der Waals surface area contributed by atoms with Gasteiger partial charge in [0.15, 0.2) is 6.29 Å². The maximum Gasteiger partial charge on any atom is 0.532 e. The first kappa shape index (κ1) is 12.3. The van der Waals surface area contributed by atoms with Crippen LogP contribution in [-0.2, 0) is 16.4 Å². The van der Waals surface area contributed by atoms with Gasteiger partial charge in [-0.3, -0.25) is 4.79 Å². The highest BCUT2D eigenvalue weighted by molar-refractivity contribution is 6.60. The maximum absolute atomic E-state index is 10.8. The molecular formula is C11H17BN2O3. The molecule has 6 heteroatoms. The van der Waals surface area contributed by atoms with Crippen LogP contribution in [0.4, 0.5) is 0 Å². The summed E-state index contributed by atoms with van der Waals surface area (Å²) >= 11 is 0. The molecule has 0 spiro atoms. The van der Waals surface area contributed by atoms with E-state index in [1.54, 1.807) is 11.6 Å². The summed E-state index contributed by atoms with van der Waals surface area (Å²) < 4.78 is 13.4. The first-order chi connectivity index (χ1) is 7.78. The third kappa shape index (κ3) is 1.81. The van der Waals surface area contributed by atoms with Crippen LogP contribution in [0.15, 0.2) is 6.20 Å². The van der Waals surface area contributed by atoms with Crippen LogP contribution in [0.3, 0.4) is 0 Å². The largest absolute Gasteiger partial charge is 0.532 e. The molecule has 0 saturated carbocycles. The average molecular weight is 236 g/mol. The van der Waals surface area contributed by atoms with Gasteiger partial charge in [-0.05, 0) is 27.7 Å². The number of rotatable bonds is 2. The molecule has 1 aliphatic heterocycles. The van der Waals surface area contributed by atoms with Crippen molar-refractivity contribution in [3.8, 4) is 0 Å². The van der Waals surface area contributed by atoms with E-state index in [0.717, 1.165) is 6.29 Å². The molecule has 0 unspecified atom stereocenters. The standard InChI is InChI=1S/C11H17BN2O3/c1-10(2)11(3,4)17-12(16-10)9-13-6-8(7-15)14(9)5/h6-7H,1-5H3. The smallest absolute Gasteiger partial charge is 0.397 e. The van der Waals surface area contributed by atoms with E-state index >= 15 is 0 Å². The molecule has 0 N–H and O–H groups in total. The average Bonchev–Trinajstić information content (AvgIpc) is 2.65. The molecule has 17 heavy (non-hydrogen) atoms. The summed E-state index contributed by atoms with van der Waals surface area (Å²) in [5.41, 5.74) is 0.330. The lowest BCUT2D eigenvalue weighted by atomic mass is 9.89. The molecule has 1 saturated heterocycles. The van der Waals surface area contributed by atoms with E-state index in [2.05, 4.69) is 4.98 Å². The highest BCUT2D eigenvalue weighted by atomic mass is 16.7. The minimum absolute atomic E-state index is 0.398. The predicted molar refractivity (Wildman–Crippen MR) is 64.3 cm³/mol. The number of aldehydes is 1. The van der Waals surface area contributed by atoms with Gasteiger partial charge in [-0.1, -0.05) is 0 Å². The number of hydrogen-bond acceptors (Lipinski definition) is 4. The summed E-state index contributed by atoms with van der Waals surface area (Å²) in [6.07, 6.45) is 2.29. The fourth-order valence-electron chi connectivity index (χ4n) is 1.71. The van der Waals surface area contributed by atoms with E-state index in [4.69, 9.17) is 9.31 Å². The van der Waals surface area contributed by atoms with E-state index < -0.39 is 18.3 Å². The topological polar surface area (TPSA) is 53.4 Å². The second kappa shape index (κ2) is 3.68. The number of aromatic nitrogens is 2. The number of carbonyl (C=O) groups excluding carboxylic acids is 1. The van der Waals surface area contributed by atoms with Gasteiger partial charge in [0, 0.05) is 7.05 Å². The van der Waals surface area contributed by atoms with Crippen LogP contribution < -0.4 is 5.72 Å². The summed E-state index contributed by atoms with van der Waals surface area (Å²) in [5, 5.41) is 0. The lowest BCUT2D eigenvalue weighted by Gasteiger charge is -2.32. The van der Waals surface area contributed by atoms with Gasteiger partial charge in [0.1, 0.15) is 11.4 Å². The van der Waals surface area contributed by atoms with E-state index in [0.29, 0.717) is 11.4 Å². The monoisotopic (exact) mass is 236 g/mol. The van der Waals surface area contributed by atoms with Gasteiger partial charge in [0.25, 0.3) is 0 Å². The van der Waals surface area contributed by atoms with Crippen LogP contribution in [0.2, 0.25) is 0 Å². The molecule has 0 amide bonds. The van der Waals surface area contributed by atoms with Crippen LogP contribution in [-0.4, -0.2) is 34.2 Å². The first-order valence-corrected chi connectivity index (χ1v) is 5.61. The Labute approximate surface area is 101 Å². The Kier molecular flexibility index (Phi) is 2.67. The quantitative estimate of drug-likeness (QED) is 0.555. The van der Waals surface area contributed by atoms with Crippen LogP contribution in [0.1, 0.15) is 38.2 Å². The summed E-state index contributed by atoms with van der Waals surface area (Å²) in [4.78, 5) is 14.9. The summed E-state index contributed by atoms with van der Waals surface area (Å²) in [7, 11) is 1.25. The van der Waals surface area contributed by atoms with Gasteiger partial charge in [-0.25, -0.2) is 4.98 Å². The van der Waals surface area contributed by atoms with Gasteiger partial charge in [0.2, 0.25) is 0 Å². The number of carbonyl (C=O) groups is 1. The van der Waals surface area contributed by atoms with E-state index in [-0.39, 0.29) is 0 Å². The Morgan fingerprint density at radius 3 is 2.24 bits per heavy atom. The third-order valence-corrected chi connectivity index (χ3v) is 3.64. The van der Waals surface area contributed by atoms with Crippen molar-refractivity contribution in [1.82, 2.24) is 9.55 Å². The van der Waals surface area contributed by atoms with E-state index in [1.165, 1.54) is 6.20 Å². The Balaban J connectivity index is 2.32. The zero-order valence-electron chi connectivity index (χ0n) is 10.9. The molecular weight excluding hydrogens is 219 g/mol. The molecule has 0 aliphatic carbocycles. The molecule has 0 atom stereocenters. The van der Waals surface area contributed by atoms with Gasteiger partial charge < -0.3 is 13.9 Å². The molecule has 2 rings (SSSR count).